The molecule has 3 aromatic rings. The standard InChI is InChI=1S/C18H15NO3/c1-10-7-8-12(11(2)9-10)17(20)16-15(18(21)22)13-5-3-4-6-14(13)19-16/h3-9,19H,1-2H3,(H,21,22). The summed E-state index contributed by atoms with van der Waals surface area (Å²) in [5.41, 5.74) is 3.21. The van der Waals surface area contributed by atoms with E-state index in [4.69, 9.17) is 0 Å². The van der Waals surface area contributed by atoms with Gasteiger partial charge >= 0.3 is 5.97 Å². The number of benzene rings is 2. The molecule has 0 aliphatic heterocycles. The minimum atomic E-state index is -1.11. The molecule has 0 bridgehead atoms. The van der Waals surface area contributed by atoms with E-state index in [-0.39, 0.29) is 17.0 Å². The fourth-order valence-corrected chi connectivity index (χ4v) is 2.74. The first-order valence-electron chi connectivity index (χ1n) is 6.95. The molecule has 2 N–H and O–H groups in total. The monoisotopic (exact) mass is 293 g/mol. The Hall–Kier alpha value is -2.88. The maximum Gasteiger partial charge on any atom is 0.338 e. The average molecular weight is 293 g/mol. The Kier molecular flexibility index (Phi) is 3.29. The first kappa shape index (κ1) is 14.1. The van der Waals surface area contributed by atoms with Crippen molar-refractivity contribution in [3.05, 3.63) is 70.4 Å². The second-order valence-corrected chi connectivity index (χ2v) is 5.37. The molecule has 22 heavy (non-hydrogen) atoms. The Labute approximate surface area is 127 Å². The average Bonchev–Trinajstić information content (AvgIpc) is 2.86. The number of aromatic carboxylic acids is 1. The molecule has 0 atom stereocenters. The van der Waals surface area contributed by atoms with Gasteiger partial charge in [0, 0.05) is 16.5 Å². The number of rotatable bonds is 3. The molecule has 4 nitrogen and oxygen atoms in total. The number of aromatic nitrogens is 1. The molecule has 1 aromatic heterocycles. The molecule has 0 aliphatic carbocycles. The predicted molar refractivity (Wildman–Crippen MR) is 84.6 cm³/mol. The van der Waals surface area contributed by atoms with Crippen LogP contribution in [0.25, 0.3) is 10.9 Å². The number of carboxylic acid groups (broad SMARTS) is 1. The number of hydrogen-bond acceptors (Lipinski definition) is 2. The number of H-pyrrole nitrogens is 1. The van der Waals surface area contributed by atoms with Gasteiger partial charge in [-0.3, -0.25) is 4.79 Å². The molecule has 110 valence electrons. The molecule has 3 rings (SSSR count). The van der Waals surface area contributed by atoms with E-state index in [1.54, 1.807) is 30.3 Å². The van der Waals surface area contributed by atoms with Crippen molar-refractivity contribution in [1.29, 1.82) is 0 Å². The molecule has 1 heterocycles. The highest BCUT2D eigenvalue weighted by molar-refractivity contribution is 6.19. The predicted octanol–water partition coefficient (Wildman–Crippen LogP) is 3.71. The Balaban J connectivity index is 2.23. The Morgan fingerprint density at radius 3 is 2.45 bits per heavy atom. The van der Waals surface area contributed by atoms with Crippen molar-refractivity contribution < 1.29 is 14.7 Å². The summed E-state index contributed by atoms with van der Waals surface area (Å²) in [6.07, 6.45) is 0. The van der Waals surface area contributed by atoms with E-state index in [9.17, 15) is 14.7 Å². The SMILES string of the molecule is Cc1ccc(C(=O)c2[nH]c3ccccc3c2C(=O)O)c(C)c1. The minimum Gasteiger partial charge on any atom is -0.478 e. The van der Waals surface area contributed by atoms with E-state index >= 15 is 0 Å². The maximum atomic E-state index is 12.8. The van der Waals surface area contributed by atoms with Crippen molar-refractivity contribution in [2.45, 2.75) is 13.8 Å². The second kappa shape index (κ2) is 5.15. The highest BCUT2D eigenvalue weighted by Crippen LogP contribution is 2.25. The molecule has 0 radical (unpaired) electrons. The van der Waals surface area contributed by atoms with Gasteiger partial charge in [0.2, 0.25) is 5.78 Å². The van der Waals surface area contributed by atoms with Crippen LogP contribution >= 0.6 is 0 Å². The lowest BCUT2D eigenvalue weighted by Crippen LogP contribution is -2.10. The van der Waals surface area contributed by atoms with Crippen LogP contribution < -0.4 is 0 Å². The number of hydrogen-bond donors (Lipinski definition) is 2. The van der Waals surface area contributed by atoms with Crippen molar-refractivity contribution in [2.75, 3.05) is 0 Å². The lowest BCUT2D eigenvalue weighted by molar-refractivity contribution is 0.0695. The van der Waals surface area contributed by atoms with E-state index in [2.05, 4.69) is 4.98 Å². The lowest BCUT2D eigenvalue weighted by atomic mass is 9.98. The van der Waals surface area contributed by atoms with Crippen molar-refractivity contribution in [3.8, 4) is 0 Å². The number of carboxylic acids is 1. The molecule has 0 amide bonds. The maximum absolute atomic E-state index is 12.8. The summed E-state index contributed by atoms with van der Waals surface area (Å²) < 4.78 is 0. The smallest absolute Gasteiger partial charge is 0.338 e. The number of aromatic amines is 1. The van der Waals surface area contributed by atoms with Crippen molar-refractivity contribution in [2.24, 2.45) is 0 Å². The summed E-state index contributed by atoms with van der Waals surface area (Å²) >= 11 is 0. The Morgan fingerprint density at radius 1 is 1.05 bits per heavy atom. The molecular formula is C18H15NO3. The first-order valence-corrected chi connectivity index (χ1v) is 6.95. The zero-order valence-electron chi connectivity index (χ0n) is 12.3. The summed E-state index contributed by atoms with van der Waals surface area (Å²) in [4.78, 5) is 27.3. The number of nitrogens with one attached hydrogen (secondary N) is 1. The highest BCUT2D eigenvalue weighted by Gasteiger charge is 2.24. The highest BCUT2D eigenvalue weighted by atomic mass is 16.4. The largest absolute Gasteiger partial charge is 0.478 e. The van der Waals surface area contributed by atoms with Crippen LogP contribution in [0.5, 0.6) is 0 Å². The summed E-state index contributed by atoms with van der Waals surface area (Å²) in [5.74, 6) is -1.41. The van der Waals surface area contributed by atoms with Crippen LogP contribution in [0.1, 0.15) is 37.5 Å². The van der Waals surface area contributed by atoms with Crippen LogP contribution in [-0.2, 0) is 0 Å². The molecule has 0 unspecified atom stereocenters. The molecular weight excluding hydrogens is 278 g/mol. The van der Waals surface area contributed by atoms with Gasteiger partial charge in [0.05, 0.1) is 5.56 Å². The molecule has 0 fully saturated rings. The van der Waals surface area contributed by atoms with Crippen LogP contribution in [0.4, 0.5) is 0 Å². The summed E-state index contributed by atoms with van der Waals surface area (Å²) in [7, 11) is 0. The third kappa shape index (κ3) is 2.19. The van der Waals surface area contributed by atoms with Crippen LogP contribution in [0.2, 0.25) is 0 Å². The molecule has 4 heteroatoms. The zero-order chi connectivity index (χ0) is 15.9. The van der Waals surface area contributed by atoms with Crippen molar-refractivity contribution in [1.82, 2.24) is 4.98 Å². The van der Waals surface area contributed by atoms with E-state index < -0.39 is 5.97 Å². The summed E-state index contributed by atoms with van der Waals surface area (Å²) in [6, 6.07) is 12.5. The van der Waals surface area contributed by atoms with Crippen LogP contribution in [0.15, 0.2) is 42.5 Å². The van der Waals surface area contributed by atoms with E-state index in [0.29, 0.717) is 16.5 Å². The van der Waals surface area contributed by atoms with E-state index in [1.165, 1.54) is 0 Å². The quantitative estimate of drug-likeness (QED) is 0.723. The van der Waals surface area contributed by atoms with Crippen molar-refractivity contribution >= 4 is 22.7 Å². The minimum absolute atomic E-state index is 0.0283. The lowest BCUT2D eigenvalue weighted by Gasteiger charge is -2.06. The first-order chi connectivity index (χ1) is 10.5. The zero-order valence-corrected chi connectivity index (χ0v) is 12.3. The number of carbonyl (C=O) groups excluding carboxylic acids is 1. The van der Waals surface area contributed by atoms with E-state index in [1.807, 2.05) is 26.0 Å². The van der Waals surface area contributed by atoms with Gasteiger partial charge in [-0.05, 0) is 25.5 Å². The molecule has 0 saturated heterocycles. The normalized spacial score (nSPS) is 10.8. The van der Waals surface area contributed by atoms with Crippen LogP contribution in [0, 0.1) is 13.8 Å². The fourth-order valence-electron chi connectivity index (χ4n) is 2.74. The van der Waals surface area contributed by atoms with Gasteiger partial charge in [-0.25, -0.2) is 4.79 Å². The number of fused-ring (bicyclic) bond motifs is 1. The van der Waals surface area contributed by atoms with Gasteiger partial charge in [-0.15, -0.1) is 0 Å². The number of carbonyl (C=O) groups is 2. The van der Waals surface area contributed by atoms with Crippen LogP contribution in [-0.4, -0.2) is 21.8 Å². The molecule has 0 saturated carbocycles. The van der Waals surface area contributed by atoms with Gasteiger partial charge < -0.3 is 10.1 Å². The number of ketones is 1. The molecule has 0 spiro atoms. The summed E-state index contributed by atoms with van der Waals surface area (Å²) in [6.45, 7) is 3.80. The molecule has 2 aromatic carbocycles. The summed E-state index contributed by atoms with van der Waals surface area (Å²) in [5, 5.41) is 10.0. The van der Waals surface area contributed by atoms with E-state index in [0.717, 1.165) is 11.1 Å². The van der Waals surface area contributed by atoms with Crippen LogP contribution in [0.3, 0.4) is 0 Å². The van der Waals surface area contributed by atoms with Gasteiger partial charge in [0.25, 0.3) is 0 Å². The Morgan fingerprint density at radius 2 is 1.77 bits per heavy atom. The van der Waals surface area contributed by atoms with Crippen molar-refractivity contribution in [3.63, 3.8) is 0 Å². The second-order valence-electron chi connectivity index (χ2n) is 5.37. The molecule has 0 aliphatic rings. The van der Waals surface area contributed by atoms with Gasteiger partial charge in [-0.1, -0.05) is 42.0 Å². The third-order valence-electron chi connectivity index (χ3n) is 3.77. The van der Waals surface area contributed by atoms with Gasteiger partial charge in [-0.2, -0.15) is 0 Å². The fraction of sp³-hybridized carbons (Fsp3) is 0.111. The Bertz CT molecular complexity index is 906. The topological polar surface area (TPSA) is 70.2 Å². The van der Waals surface area contributed by atoms with Gasteiger partial charge in [0.1, 0.15) is 5.69 Å². The van der Waals surface area contributed by atoms with Gasteiger partial charge in [0.15, 0.2) is 0 Å². The number of para-hydroxylation sites is 1. The number of aryl methyl sites for hydroxylation is 2. The third-order valence-corrected chi connectivity index (χ3v) is 3.77.